The van der Waals surface area contributed by atoms with Crippen LogP contribution < -0.4 is 5.32 Å². The highest BCUT2D eigenvalue weighted by Crippen LogP contribution is 2.39. The van der Waals surface area contributed by atoms with Gasteiger partial charge in [-0.25, -0.2) is 4.98 Å². The molecule has 42 heavy (non-hydrogen) atoms. The number of piperidine rings is 1. The van der Waals surface area contributed by atoms with Gasteiger partial charge in [-0.05, 0) is 67.0 Å². The zero-order valence-electron chi connectivity index (χ0n) is 23.9. The minimum Gasteiger partial charge on any atom is -0.379 e. The van der Waals surface area contributed by atoms with Gasteiger partial charge in [0.1, 0.15) is 5.82 Å². The van der Waals surface area contributed by atoms with E-state index in [-0.39, 0.29) is 5.91 Å². The zero-order chi connectivity index (χ0) is 28.6. The first kappa shape index (κ1) is 26.4. The van der Waals surface area contributed by atoms with E-state index in [0.29, 0.717) is 18.0 Å². The number of aryl methyl sites for hydroxylation is 2. The molecule has 1 saturated heterocycles. The number of carbonyl (C=O) groups is 1. The third-order valence-electron chi connectivity index (χ3n) is 8.53. The minimum atomic E-state index is 0.0381. The Kier molecular flexibility index (Phi) is 6.96. The lowest BCUT2D eigenvalue weighted by atomic mass is 9.89. The van der Waals surface area contributed by atoms with Crippen molar-refractivity contribution in [3.05, 3.63) is 112 Å². The van der Waals surface area contributed by atoms with Crippen LogP contribution in [-0.4, -0.2) is 38.8 Å². The SMILES string of the molecule is Cc1cc2nc(-c3csc4c(NCc5ccccc5)c(C(=O)N5CCC(c6ccccc6)CC5)cnc34)[nH]c2cc1C. The van der Waals surface area contributed by atoms with Crippen LogP contribution in [0.2, 0.25) is 0 Å². The number of thiophene rings is 1. The van der Waals surface area contributed by atoms with Crippen LogP contribution in [0.5, 0.6) is 0 Å². The third-order valence-corrected chi connectivity index (χ3v) is 9.52. The lowest BCUT2D eigenvalue weighted by molar-refractivity contribution is 0.0713. The average molecular weight is 572 g/mol. The second-order valence-corrected chi connectivity index (χ2v) is 12.1. The number of hydrogen-bond acceptors (Lipinski definition) is 5. The quantitative estimate of drug-likeness (QED) is 0.212. The van der Waals surface area contributed by atoms with E-state index in [9.17, 15) is 4.79 Å². The Labute approximate surface area is 249 Å². The molecule has 210 valence electrons. The van der Waals surface area contributed by atoms with Crippen LogP contribution in [-0.2, 0) is 6.54 Å². The molecular formula is C35H33N5OS. The summed E-state index contributed by atoms with van der Waals surface area (Å²) in [4.78, 5) is 29.3. The lowest BCUT2D eigenvalue weighted by Gasteiger charge is -2.32. The van der Waals surface area contributed by atoms with Crippen molar-refractivity contribution >= 4 is 44.2 Å². The van der Waals surface area contributed by atoms with Gasteiger partial charge in [-0.15, -0.1) is 11.3 Å². The molecule has 1 fully saturated rings. The maximum Gasteiger partial charge on any atom is 0.257 e. The molecule has 0 atom stereocenters. The van der Waals surface area contributed by atoms with Gasteiger partial charge in [0, 0.05) is 31.2 Å². The number of anilines is 1. The fraction of sp³-hybridized carbons (Fsp3) is 0.229. The average Bonchev–Trinajstić information content (AvgIpc) is 3.65. The first-order valence-electron chi connectivity index (χ1n) is 14.5. The molecule has 4 heterocycles. The van der Waals surface area contributed by atoms with E-state index in [1.54, 1.807) is 17.5 Å². The number of carbonyl (C=O) groups excluding carboxylic acids is 1. The molecule has 0 spiro atoms. The van der Waals surface area contributed by atoms with Gasteiger partial charge in [0.15, 0.2) is 0 Å². The van der Waals surface area contributed by atoms with Crippen molar-refractivity contribution in [2.45, 2.75) is 39.2 Å². The molecule has 2 N–H and O–H groups in total. The van der Waals surface area contributed by atoms with E-state index < -0.39 is 0 Å². The Morgan fingerprint density at radius 3 is 2.48 bits per heavy atom. The highest BCUT2D eigenvalue weighted by atomic mass is 32.1. The molecule has 6 nitrogen and oxygen atoms in total. The van der Waals surface area contributed by atoms with E-state index in [1.807, 2.05) is 23.1 Å². The van der Waals surface area contributed by atoms with Crippen molar-refractivity contribution in [1.29, 1.82) is 0 Å². The molecule has 3 aromatic carbocycles. The van der Waals surface area contributed by atoms with Crippen LogP contribution in [0.3, 0.4) is 0 Å². The predicted octanol–water partition coefficient (Wildman–Crippen LogP) is 8.09. The summed E-state index contributed by atoms with van der Waals surface area (Å²) in [6.45, 7) is 6.32. The van der Waals surface area contributed by atoms with Gasteiger partial charge in [-0.1, -0.05) is 60.7 Å². The summed E-state index contributed by atoms with van der Waals surface area (Å²) in [6, 6.07) is 25.2. The van der Waals surface area contributed by atoms with Crippen LogP contribution >= 0.6 is 11.3 Å². The summed E-state index contributed by atoms with van der Waals surface area (Å²) in [6.07, 6.45) is 3.69. The molecule has 6 aromatic rings. The van der Waals surface area contributed by atoms with Gasteiger partial charge in [0.2, 0.25) is 0 Å². The summed E-state index contributed by atoms with van der Waals surface area (Å²) < 4.78 is 0.971. The number of imidazole rings is 1. The van der Waals surface area contributed by atoms with Gasteiger partial charge in [-0.3, -0.25) is 9.78 Å². The standard InChI is InChI=1S/C35H33N5OS/c1-22-17-29-30(18-23(22)2)39-34(38-29)28-21-42-33-31(36-19-24-9-5-3-6-10-24)27(20-37-32(28)33)35(41)40-15-13-26(14-16-40)25-11-7-4-8-12-25/h3-12,17-18,20-21,26H,13-16,19H2,1-2H3,(H,36,37)(H,38,39). The van der Waals surface area contributed by atoms with Crippen LogP contribution in [0.4, 0.5) is 5.69 Å². The number of hydrogen-bond donors (Lipinski definition) is 2. The van der Waals surface area contributed by atoms with Crippen molar-refractivity contribution in [3.63, 3.8) is 0 Å². The highest BCUT2D eigenvalue weighted by molar-refractivity contribution is 7.18. The summed E-state index contributed by atoms with van der Waals surface area (Å²) >= 11 is 1.61. The fourth-order valence-electron chi connectivity index (χ4n) is 5.97. The van der Waals surface area contributed by atoms with E-state index in [0.717, 1.165) is 69.8 Å². The molecule has 1 amide bonds. The van der Waals surface area contributed by atoms with E-state index >= 15 is 0 Å². The fourth-order valence-corrected chi connectivity index (χ4v) is 7.01. The molecule has 7 heteroatoms. The van der Waals surface area contributed by atoms with Gasteiger partial charge in [0.25, 0.3) is 5.91 Å². The largest absolute Gasteiger partial charge is 0.379 e. The van der Waals surface area contributed by atoms with Crippen molar-refractivity contribution < 1.29 is 4.79 Å². The number of fused-ring (bicyclic) bond motifs is 2. The maximum absolute atomic E-state index is 14.0. The van der Waals surface area contributed by atoms with Gasteiger partial charge < -0.3 is 15.2 Å². The van der Waals surface area contributed by atoms with E-state index in [2.05, 4.69) is 84.1 Å². The van der Waals surface area contributed by atoms with E-state index in [1.165, 1.54) is 16.7 Å². The molecule has 0 radical (unpaired) electrons. The second kappa shape index (κ2) is 11.1. The van der Waals surface area contributed by atoms with Crippen molar-refractivity contribution in [2.75, 3.05) is 18.4 Å². The monoisotopic (exact) mass is 571 g/mol. The predicted molar refractivity (Wildman–Crippen MR) is 172 cm³/mol. The first-order chi connectivity index (χ1) is 20.5. The third kappa shape index (κ3) is 4.94. The van der Waals surface area contributed by atoms with Gasteiger partial charge in [0.05, 0.1) is 38.1 Å². The number of likely N-dealkylation sites (tertiary alicyclic amines) is 1. The molecule has 3 aromatic heterocycles. The number of aromatic amines is 1. The number of nitrogens with zero attached hydrogens (tertiary/aromatic N) is 3. The van der Waals surface area contributed by atoms with Crippen LogP contribution in [0.15, 0.2) is 84.4 Å². The van der Waals surface area contributed by atoms with Crippen molar-refractivity contribution in [3.8, 4) is 11.4 Å². The van der Waals surface area contributed by atoms with E-state index in [4.69, 9.17) is 9.97 Å². The summed E-state index contributed by atoms with van der Waals surface area (Å²) in [5, 5.41) is 5.73. The minimum absolute atomic E-state index is 0.0381. The second-order valence-electron chi connectivity index (χ2n) is 11.2. The summed E-state index contributed by atoms with van der Waals surface area (Å²) in [5.41, 5.74) is 10.2. The number of aromatic nitrogens is 3. The smallest absolute Gasteiger partial charge is 0.257 e. The Bertz CT molecular complexity index is 1850. The molecule has 1 aliphatic rings. The van der Waals surface area contributed by atoms with Gasteiger partial charge >= 0.3 is 0 Å². The van der Waals surface area contributed by atoms with Crippen LogP contribution in [0.25, 0.3) is 32.6 Å². The molecule has 0 saturated carbocycles. The van der Waals surface area contributed by atoms with Crippen LogP contribution in [0.1, 0.15) is 51.4 Å². The number of nitrogens with one attached hydrogen (secondary N) is 2. The molecule has 0 aliphatic carbocycles. The Hall–Kier alpha value is -4.49. The first-order valence-corrected chi connectivity index (χ1v) is 15.4. The highest BCUT2D eigenvalue weighted by Gasteiger charge is 2.28. The number of rotatable bonds is 6. The number of benzene rings is 3. The number of amides is 1. The maximum atomic E-state index is 14.0. The molecule has 7 rings (SSSR count). The summed E-state index contributed by atoms with van der Waals surface area (Å²) in [7, 11) is 0. The van der Waals surface area contributed by atoms with Crippen molar-refractivity contribution in [2.24, 2.45) is 0 Å². The Morgan fingerprint density at radius 1 is 1.00 bits per heavy atom. The lowest BCUT2D eigenvalue weighted by Crippen LogP contribution is -2.38. The van der Waals surface area contributed by atoms with Crippen molar-refractivity contribution in [1.82, 2.24) is 19.9 Å². The topological polar surface area (TPSA) is 73.9 Å². The molecule has 0 bridgehead atoms. The molecular weight excluding hydrogens is 538 g/mol. The normalized spacial score (nSPS) is 14.1. The number of pyridine rings is 1. The number of H-pyrrole nitrogens is 1. The van der Waals surface area contributed by atoms with Gasteiger partial charge in [-0.2, -0.15) is 0 Å². The Morgan fingerprint density at radius 2 is 1.71 bits per heavy atom. The molecule has 1 aliphatic heterocycles. The van der Waals surface area contributed by atoms with Crippen LogP contribution in [0, 0.1) is 13.8 Å². The zero-order valence-corrected chi connectivity index (χ0v) is 24.7. The summed E-state index contributed by atoms with van der Waals surface area (Å²) in [5.74, 6) is 1.32. The Balaban J connectivity index is 1.23. The molecule has 0 unspecified atom stereocenters.